The lowest BCUT2D eigenvalue weighted by molar-refractivity contribution is -0.124. The summed E-state index contributed by atoms with van der Waals surface area (Å²) in [6, 6.07) is 8.61. The first-order chi connectivity index (χ1) is 8.33. The molecule has 0 saturated heterocycles. The van der Waals surface area contributed by atoms with Gasteiger partial charge in [0.25, 0.3) is 0 Å². The molecule has 2 amide bonds. The lowest BCUT2D eigenvalue weighted by Gasteiger charge is -2.26. The quantitative estimate of drug-likeness (QED) is 0.724. The van der Waals surface area contributed by atoms with Crippen molar-refractivity contribution in [1.29, 1.82) is 0 Å². The van der Waals surface area contributed by atoms with Gasteiger partial charge in [-0.3, -0.25) is 14.9 Å². The topological polar surface area (TPSA) is 84.2 Å². The number of primary amides is 1. The van der Waals surface area contributed by atoms with Gasteiger partial charge in [-0.05, 0) is 32.9 Å². The number of rotatable bonds is 5. The van der Waals surface area contributed by atoms with Gasteiger partial charge in [0, 0.05) is 5.69 Å². The van der Waals surface area contributed by atoms with E-state index < -0.39 is 17.5 Å². The molecule has 0 aromatic heterocycles. The second-order valence-electron chi connectivity index (χ2n) is 4.71. The Hall–Kier alpha value is -1.88. The summed E-state index contributed by atoms with van der Waals surface area (Å²) in [6.45, 7) is 4.96. The summed E-state index contributed by atoms with van der Waals surface area (Å²) in [6.07, 6.45) is 0. The van der Waals surface area contributed by atoms with E-state index in [0.29, 0.717) is 5.69 Å². The molecule has 0 aliphatic rings. The molecule has 1 unspecified atom stereocenters. The molecule has 0 aliphatic carbocycles. The minimum atomic E-state index is -0.923. The Bertz CT molecular complexity index is 429. The molecule has 4 N–H and O–H groups in total. The van der Waals surface area contributed by atoms with Crippen LogP contribution in [0.4, 0.5) is 5.69 Å². The molecule has 0 fully saturated rings. The zero-order valence-electron chi connectivity index (χ0n) is 10.9. The van der Waals surface area contributed by atoms with E-state index in [2.05, 4.69) is 10.6 Å². The number of para-hydroxylation sites is 1. The van der Waals surface area contributed by atoms with Crippen LogP contribution in [0, 0.1) is 0 Å². The van der Waals surface area contributed by atoms with Crippen LogP contribution < -0.4 is 16.4 Å². The maximum Gasteiger partial charge on any atom is 0.241 e. The molecule has 5 heteroatoms. The van der Waals surface area contributed by atoms with E-state index in [9.17, 15) is 9.59 Å². The minimum Gasteiger partial charge on any atom is -0.368 e. The number of benzene rings is 1. The van der Waals surface area contributed by atoms with E-state index in [1.54, 1.807) is 32.9 Å². The van der Waals surface area contributed by atoms with Crippen LogP contribution in [0.2, 0.25) is 0 Å². The molecule has 0 saturated carbocycles. The Kier molecular flexibility index (Phi) is 4.44. The fourth-order valence-corrected chi connectivity index (χ4v) is 1.45. The highest BCUT2D eigenvalue weighted by Crippen LogP contribution is 2.07. The van der Waals surface area contributed by atoms with Crippen LogP contribution in [0.1, 0.15) is 20.8 Å². The molecule has 1 atom stereocenters. The summed E-state index contributed by atoms with van der Waals surface area (Å²) in [5.74, 6) is -0.711. The summed E-state index contributed by atoms with van der Waals surface area (Å²) in [7, 11) is 0. The van der Waals surface area contributed by atoms with Crippen LogP contribution in [-0.4, -0.2) is 23.4 Å². The summed E-state index contributed by atoms with van der Waals surface area (Å²) in [5.41, 5.74) is 5.03. The second kappa shape index (κ2) is 5.64. The van der Waals surface area contributed by atoms with Gasteiger partial charge in [-0.1, -0.05) is 18.2 Å². The molecule has 18 heavy (non-hydrogen) atoms. The van der Waals surface area contributed by atoms with Gasteiger partial charge in [-0.2, -0.15) is 0 Å². The Labute approximate surface area is 107 Å². The van der Waals surface area contributed by atoms with Crippen LogP contribution in [0.15, 0.2) is 30.3 Å². The van der Waals surface area contributed by atoms with Gasteiger partial charge in [0.2, 0.25) is 11.8 Å². The third-order valence-electron chi connectivity index (χ3n) is 2.63. The van der Waals surface area contributed by atoms with Crippen molar-refractivity contribution in [1.82, 2.24) is 5.32 Å². The molecule has 0 heterocycles. The fourth-order valence-electron chi connectivity index (χ4n) is 1.45. The van der Waals surface area contributed by atoms with Crippen LogP contribution in [0.25, 0.3) is 0 Å². The highest BCUT2D eigenvalue weighted by Gasteiger charge is 2.28. The highest BCUT2D eigenvalue weighted by molar-refractivity contribution is 5.95. The first kappa shape index (κ1) is 14.2. The number of nitrogens with one attached hydrogen (secondary N) is 2. The largest absolute Gasteiger partial charge is 0.368 e. The van der Waals surface area contributed by atoms with Crippen molar-refractivity contribution in [2.24, 2.45) is 5.73 Å². The minimum absolute atomic E-state index is 0.212. The lowest BCUT2D eigenvalue weighted by atomic mass is 10.0. The second-order valence-corrected chi connectivity index (χ2v) is 4.71. The highest BCUT2D eigenvalue weighted by atomic mass is 16.2. The normalized spacial score (nSPS) is 12.8. The van der Waals surface area contributed by atoms with Crippen LogP contribution in [0.5, 0.6) is 0 Å². The molecule has 0 aliphatic heterocycles. The number of hydrogen-bond donors (Lipinski definition) is 3. The smallest absolute Gasteiger partial charge is 0.241 e. The van der Waals surface area contributed by atoms with E-state index in [4.69, 9.17) is 5.73 Å². The summed E-state index contributed by atoms with van der Waals surface area (Å²) < 4.78 is 0. The number of hydrogen-bond acceptors (Lipinski definition) is 3. The van der Waals surface area contributed by atoms with Crippen molar-refractivity contribution in [2.45, 2.75) is 32.4 Å². The van der Waals surface area contributed by atoms with Crippen LogP contribution in [-0.2, 0) is 9.59 Å². The molecular weight excluding hydrogens is 230 g/mol. The van der Waals surface area contributed by atoms with Gasteiger partial charge in [0.1, 0.15) is 0 Å². The van der Waals surface area contributed by atoms with Crippen molar-refractivity contribution in [3.63, 3.8) is 0 Å². The Morgan fingerprint density at radius 2 is 1.78 bits per heavy atom. The van der Waals surface area contributed by atoms with Crippen LogP contribution >= 0.6 is 0 Å². The van der Waals surface area contributed by atoms with Crippen molar-refractivity contribution in [3.05, 3.63) is 30.3 Å². The lowest BCUT2D eigenvalue weighted by Crippen LogP contribution is -2.56. The number of carbonyl (C=O) groups excluding carboxylic acids is 2. The Morgan fingerprint density at radius 3 is 2.28 bits per heavy atom. The van der Waals surface area contributed by atoms with Gasteiger partial charge in [-0.15, -0.1) is 0 Å². The van der Waals surface area contributed by atoms with E-state index in [-0.39, 0.29) is 5.91 Å². The average molecular weight is 249 g/mol. The Morgan fingerprint density at radius 1 is 1.22 bits per heavy atom. The molecule has 0 radical (unpaired) electrons. The summed E-state index contributed by atoms with van der Waals surface area (Å²) >= 11 is 0. The number of carbonyl (C=O) groups is 2. The molecule has 0 bridgehead atoms. The molecule has 1 aromatic rings. The van der Waals surface area contributed by atoms with Crippen molar-refractivity contribution < 1.29 is 9.59 Å². The molecular formula is C13H19N3O2. The third-order valence-corrected chi connectivity index (χ3v) is 2.63. The van der Waals surface area contributed by atoms with Crippen LogP contribution in [0.3, 0.4) is 0 Å². The first-order valence-corrected chi connectivity index (χ1v) is 5.76. The van der Waals surface area contributed by atoms with E-state index in [1.807, 2.05) is 18.2 Å². The monoisotopic (exact) mass is 249 g/mol. The van der Waals surface area contributed by atoms with Gasteiger partial charge in [0.05, 0.1) is 11.6 Å². The van der Waals surface area contributed by atoms with E-state index in [0.717, 1.165) is 0 Å². The van der Waals surface area contributed by atoms with Gasteiger partial charge in [-0.25, -0.2) is 0 Å². The van der Waals surface area contributed by atoms with Crippen molar-refractivity contribution in [2.75, 3.05) is 5.32 Å². The molecule has 1 aromatic carbocycles. The summed E-state index contributed by atoms with van der Waals surface area (Å²) in [5, 5.41) is 5.64. The SMILES string of the molecule is CC(NC(C)(C)C(N)=O)C(=O)Nc1ccccc1. The van der Waals surface area contributed by atoms with Crippen molar-refractivity contribution >= 4 is 17.5 Å². The number of nitrogens with two attached hydrogens (primary N) is 1. The fraction of sp³-hybridized carbons (Fsp3) is 0.385. The zero-order chi connectivity index (χ0) is 13.8. The first-order valence-electron chi connectivity index (χ1n) is 5.76. The zero-order valence-corrected chi connectivity index (χ0v) is 10.9. The van der Waals surface area contributed by atoms with Gasteiger partial charge in [0.15, 0.2) is 0 Å². The summed E-state index contributed by atoms with van der Waals surface area (Å²) in [4.78, 5) is 23.1. The third kappa shape index (κ3) is 3.85. The Balaban J connectivity index is 2.60. The molecule has 1 rings (SSSR count). The maximum atomic E-state index is 11.9. The number of amides is 2. The average Bonchev–Trinajstić information content (AvgIpc) is 2.29. The van der Waals surface area contributed by atoms with E-state index in [1.165, 1.54) is 0 Å². The maximum absolute atomic E-state index is 11.9. The van der Waals surface area contributed by atoms with Gasteiger partial charge < -0.3 is 11.1 Å². The van der Waals surface area contributed by atoms with Gasteiger partial charge >= 0.3 is 0 Å². The van der Waals surface area contributed by atoms with E-state index >= 15 is 0 Å². The molecule has 5 nitrogen and oxygen atoms in total. The number of anilines is 1. The standard InChI is InChI=1S/C13H19N3O2/c1-9(16-13(2,3)12(14)18)11(17)15-10-7-5-4-6-8-10/h4-9,16H,1-3H3,(H2,14,18)(H,15,17). The predicted molar refractivity (Wildman–Crippen MR) is 70.9 cm³/mol. The molecule has 98 valence electrons. The van der Waals surface area contributed by atoms with Crippen molar-refractivity contribution in [3.8, 4) is 0 Å². The predicted octanol–water partition coefficient (Wildman–Crippen LogP) is 0.867. The molecule has 0 spiro atoms.